The molecule has 1 aromatic heterocycles. The number of azo groups is 1. The second-order valence-electron chi connectivity index (χ2n) is 5.37. The summed E-state index contributed by atoms with van der Waals surface area (Å²) < 4.78 is 1.94. The number of halogens is 1. The summed E-state index contributed by atoms with van der Waals surface area (Å²) in [5, 5.41) is 27.7. The molecule has 1 heterocycles. The second-order valence-corrected chi connectivity index (χ2v) is 6.22. The van der Waals surface area contributed by atoms with E-state index in [4.69, 9.17) is 0 Å². The monoisotopic (exact) mass is 388 g/mol. The Morgan fingerprint density at radius 1 is 1.38 bits per heavy atom. The van der Waals surface area contributed by atoms with Gasteiger partial charge < -0.3 is 5.11 Å². The lowest BCUT2D eigenvalue weighted by Crippen LogP contribution is -2.24. The highest BCUT2D eigenvalue weighted by atomic mass is 79.9. The van der Waals surface area contributed by atoms with Crippen LogP contribution in [-0.2, 0) is 0 Å². The molecule has 0 aliphatic heterocycles. The summed E-state index contributed by atoms with van der Waals surface area (Å²) in [7, 11) is 0. The molecule has 0 spiro atoms. The summed E-state index contributed by atoms with van der Waals surface area (Å²) in [5.74, 6) is -0.325. The zero-order valence-electron chi connectivity index (χ0n) is 13.6. The third kappa shape index (κ3) is 3.24. The van der Waals surface area contributed by atoms with Gasteiger partial charge in [-0.25, -0.2) is 0 Å². The number of benzene rings is 1. The third-order valence-electron chi connectivity index (χ3n) is 3.86. The van der Waals surface area contributed by atoms with Crippen molar-refractivity contribution in [3.05, 3.63) is 50.2 Å². The number of aromatic nitrogens is 1. The molecule has 1 atom stereocenters. The Bertz CT molecular complexity index is 897. The van der Waals surface area contributed by atoms with Gasteiger partial charge in [0.2, 0.25) is 5.88 Å². The van der Waals surface area contributed by atoms with Gasteiger partial charge in [-0.05, 0) is 48.3 Å². The normalized spacial score (nSPS) is 12.3. The molecule has 24 heavy (non-hydrogen) atoms. The van der Waals surface area contributed by atoms with E-state index in [1.807, 2.05) is 25.1 Å². The Hall–Kier alpha value is -2.46. The number of pyridine rings is 1. The summed E-state index contributed by atoms with van der Waals surface area (Å²) >= 11 is 3.37. The number of nitriles is 1. The van der Waals surface area contributed by atoms with E-state index in [1.54, 1.807) is 26.0 Å². The number of hydrogen-bond donors (Lipinski definition) is 1. The summed E-state index contributed by atoms with van der Waals surface area (Å²) in [4.78, 5) is 12.7. The molecule has 124 valence electrons. The third-order valence-corrected chi connectivity index (χ3v) is 4.53. The zero-order chi connectivity index (χ0) is 17.9. The first-order chi connectivity index (χ1) is 11.4. The molecule has 0 saturated carbocycles. The highest BCUT2D eigenvalue weighted by Gasteiger charge is 2.21. The van der Waals surface area contributed by atoms with Crippen LogP contribution in [-0.4, -0.2) is 9.67 Å². The number of rotatable bonds is 4. The molecule has 7 heteroatoms. The number of nitrogens with zero attached hydrogens (tertiary/aromatic N) is 4. The number of aromatic hydroxyl groups is 1. The van der Waals surface area contributed by atoms with Crippen molar-refractivity contribution in [2.45, 2.75) is 33.2 Å². The molecule has 0 bridgehead atoms. The highest BCUT2D eigenvalue weighted by Crippen LogP contribution is 2.31. The minimum absolute atomic E-state index is 0.0379. The first-order valence-electron chi connectivity index (χ1n) is 7.46. The van der Waals surface area contributed by atoms with E-state index in [1.165, 1.54) is 4.57 Å². The average molecular weight is 389 g/mol. The van der Waals surface area contributed by atoms with E-state index in [0.717, 1.165) is 4.47 Å². The van der Waals surface area contributed by atoms with Gasteiger partial charge in [-0.1, -0.05) is 19.1 Å². The first-order valence-corrected chi connectivity index (χ1v) is 8.26. The van der Waals surface area contributed by atoms with Gasteiger partial charge in [0.25, 0.3) is 5.56 Å². The molecule has 0 fully saturated rings. The van der Waals surface area contributed by atoms with E-state index in [9.17, 15) is 15.2 Å². The van der Waals surface area contributed by atoms with E-state index in [0.29, 0.717) is 17.7 Å². The van der Waals surface area contributed by atoms with Crippen LogP contribution in [0.25, 0.3) is 0 Å². The Morgan fingerprint density at radius 3 is 2.62 bits per heavy atom. The van der Waals surface area contributed by atoms with Crippen molar-refractivity contribution in [1.29, 1.82) is 5.26 Å². The van der Waals surface area contributed by atoms with Gasteiger partial charge in [-0.15, -0.1) is 10.2 Å². The van der Waals surface area contributed by atoms with Crippen molar-refractivity contribution in [3.8, 4) is 11.9 Å². The average Bonchev–Trinajstić information content (AvgIpc) is 2.56. The number of hydrogen-bond acceptors (Lipinski definition) is 5. The topological polar surface area (TPSA) is 90.7 Å². The van der Waals surface area contributed by atoms with Gasteiger partial charge in [0.15, 0.2) is 5.69 Å². The lowest BCUT2D eigenvalue weighted by atomic mass is 10.1. The molecule has 0 amide bonds. The van der Waals surface area contributed by atoms with Crippen LogP contribution in [0.2, 0.25) is 0 Å². The van der Waals surface area contributed by atoms with Gasteiger partial charge >= 0.3 is 0 Å². The molecular weight excluding hydrogens is 372 g/mol. The molecule has 1 unspecified atom stereocenters. The summed E-state index contributed by atoms with van der Waals surface area (Å²) in [5.41, 5.74) is 0.513. The second kappa shape index (κ2) is 7.41. The molecule has 0 saturated heterocycles. The molecular formula is C17H17BrN4O2. The molecule has 6 nitrogen and oxygen atoms in total. The minimum Gasteiger partial charge on any atom is -0.493 e. The van der Waals surface area contributed by atoms with Gasteiger partial charge in [0.05, 0.1) is 5.69 Å². The van der Waals surface area contributed by atoms with Crippen molar-refractivity contribution >= 4 is 27.3 Å². The minimum atomic E-state index is -0.464. The van der Waals surface area contributed by atoms with E-state index in [2.05, 4.69) is 26.2 Å². The predicted molar refractivity (Wildman–Crippen MR) is 95.1 cm³/mol. The van der Waals surface area contributed by atoms with Crippen LogP contribution < -0.4 is 5.56 Å². The molecule has 2 rings (SSSR count). The van der Waals surface area contributed by atoms with E-state index >= 15 is 0 Å². The van der Waals surface area contributed by atoms with Crippen molar-refractivity contribution in [1.82, 2.24) is 4.57 Å². The van der Waals surface area contributed by atoms with Crippen molar-refractivity contribution in [2.75, 3.05) is 0 Å². The maximum Gasteiger partial charge on any atom is 0.281 e. The SMILES string of the molecule is CCC(C)n1c(O)c(C#N)c(C)c(N=Nc2ccccc2Br)c1=O. The molecule has 2 aromatic rings. The molecule has 0 radical (unpaired) electrons. The summed E-state index contributed by atoms with van der Waals surface area (Å²) in [6.45, 7) is 5.27. The maximum absolute atomic E-state index is 12.7. The van der Waals surface area contributed by atoms with Crippen LogP contribution in [0.3, 0.4) is 0 Å². The first kappa shape index (κ1) is 17.9. The van der Waals surface area contributed by atoms with Crippen LogP contribution in [0.1, 0.15) is 37.4 Å². The molecule has 0 aliphatic rings. The van der Waals surface area contributed by atoms with Crippen LogP contribution in [0.5, 0.6) is 5.88 Å². The van der Waals surface area contributed by atoms with Crippen LogP contribution in [0.4, 0.5) is 11.4 Å². The van der Waals surface area contributed by atoms with Crippen LogP contribution in [0, 0.1) is 18.3 Å². The largest absolute Gasteiger partial charge is 0.493 e. The van der Waals surface area contributed by atoms with E-state index in [-0.39, 0.29) is 23.2 Å². The maximum atomic E-state index is 12.7. The highest BCUT2D eigenvalue weighted by molar-refractivity contribution is 9.10. The van der Waals surface area contributed by atoms with Gasteiger partial charge in [-0.2, -0.15) is 5.26 Å². The van der Waals surface area contributed by atoms with Crippen molar-refractivity contribution in [2.24, 2.45) is 10.2 Å². The van der Waals surface area contributed by atoms with Gasteiger partial charge in [0.1, 0.15) is 11.6 Å². The summed E-state index contributed by atoms with van der Waals surface area (Å²) in [6.07, 6.45) is 0.627. The van der Waals surface area contributed by atoms with Crippen LogP contribution >= 0.6 is 15.9 Å². The zero-order valence-corrected chi connectivity index (χ0v) is 15.2. The van der Waals surface area contributed by atoms with E-state index < -0.39 is 5.56 Å². The van der Waals surface area contributed by atoms with Crippen molar-refractivity contribution < 1.29 is 5.11 Å². The fourth-order valence-electron chi connectivity index (χ4n) is 2.26. The Labute approximate surface area is 148 Å². The quantitative estimate of drug-likeness (QED) is 0.756. The van der Waals surface area contributed by atoms with Gasteiger partial charge in [-0.3, -0.25) is 9.36 Å². The fraction of sp³-hybridized carbons (Fsp3) is 0.294. The summed E-state index contributed by atoms with van der Waals surface area (Å²) in [6, 6.07) is 8.90. The fourth-order valence-corrected chi connectivity index (χ4v) is 2.62. The Balaban J connectivity index is 2.69. The Morgan fingerprint density at radius 2 is 2.04 bits per heavy atom. The molecule has 0 aliphatic carbocycles. The Kier molecular flexibility index (Phi) is 5.52. The molecule has 1 aromatic carbocycles. The smallest absolute Gasteiger partial charge is 0.281 e. The van der Waals surface area contributed by atoms with Crippen molar-refractivity contribution in [3.63, 3.8) is 0 Å². The van der Waals surface area contributed by atoms with Crippen LogP contribution in [0.15, 0.2) is 43.8 Å². The van der Waals surface area contributed by atoms with Gasteiger partial charge in [0, 0.05) is 16.1 Å². The lowest BCUT2D eigenvalue weighted by molar-refractivity contribution is 0.372. The standard InChI is InChI=1S/C17H17BrN4O2/c1-4-10(2)22-16(23)12(9-19)11(3)15(17(22)24)21-20-14-8-6-5-7-13(14)18/h5-8,10,23H,4H2,1-3H3. The lowest BCUT2D eigenvalue weighted by Gasteiger charge is -2.17. The molecule has 1 N–H and O–H groups in total. The predicted octanol–water partition coefficient (Wildman–Crippen LogP) is 4.88.